The highest BCUT2D eigenvalue weighted by Crippen LogP contribution is 2.22. The summed E-state index contributed by atoms with van der Waals surface area (Å²) in [5, 5.41) is 3.84. The Morgan fingerprint density at radius 3 is 2.44 bits per heavy atom. The monoisotopic (exact) mass is 456 g/mol. The summed E-state index contributed by atoms with van der Waals surface area (Å²) in [7, 11) is 1.63. The summed E-state index contributed by atoms with van der Waals surface area (Å²) in [5.41, 5.74) is 1.90. The lowest BCUT2D eigenvalue weighted by Crippen LogP contribution is -2.51. The maximum absolute atomic E-state index is 13.4. The summed E-state index contributed by atoms with van der Waals surface area (Å²) in [4.78, 5) is 28.2. The number of benzene rings is 2. The molecular formula is C26H33ClN2O3. The predicted molar refractivity (Wildman–Crippen MR) is 128 cm³/mol. The first kappa shape index (κ1) is 24.1. The Labute approximate surface area is 196 Å². The molecule has 5 nitrogen and oxygen atoms in total. The first-order valence-electron chi connectivity index (χ1n) is 11.5. The van der Waals surface area contributed by atoms with Crippen LogP contribution in [0.25, 0.3) is 0 Å². The van der Waals surface area contributed by atoms with E-state index in [1.165, 1.54) is 0 Å². The van der Waals surface area contributed by atoms with Gasteiger partial charge in [0.15, 0.2) is 0 Å². The minimum absolute atomic E-state index is 0.0471. The van der Waals surface area contributed by atoms with Gasteiger partial charge in [0.1, 0.15) is 11.8 Å². The lowest BCUT2D eigenvalue weighted by Gasteiger charge is -2.31. The zero-order valence-electron chi connectivity index (χ0n) is 19.0. The number of halogens is 1. The molecule has 1 aliphatic carbocycles. The average Bonchev–Trinajstić information content (AvgIpc) is 3.31. The van der Waals surface area contributed by atoms with E-state index in [9.17, 15) is 9.59 Å². The fourth-order valence-corrected chi connectivity index (χ4v) is 4.53. The molecule has 0 aliphatic heterocycles. The molecule has 1 atom stereocenters. The van der Waals surface area contributed by atoms with Crippen LogP contribution in [-0.2, 0) is 22.6 Å². The van der Waals surface area contributed by atoms with Gasteiger partial charge in [0, 0.05) is 24.0 Å². The van der Waals surface area contributed by atoms with E-state index in [1.807, 2.05) is 55.5 Å². The summed E-state index contributed by atoms with van der Waals surface area (Å²) in [6, 6.07) is 14.9. The van der Waals surface area contributed by atoms with Crippen molar-refractivity contribution in [3.63, 3.8) is 0 Å². The maximum atomic E-state index is 13.4. The first-order chi connectivity index (χ1) is 15.5. The lowest BCUT2D eigenvalue weighted by molar-refractivity contribution is -0.141. The van der Waals surface area contributed by atoms with E-state index in [4.69, 9.17) is 16.3 Å². The van der Waals surface area contributed by atoms with Gasteiger partial charge in [-0.3, -0.25) is 9.59 Å². The highest BCUT2D eigenvalue weighted by atomic mass is 35.5. The van der Waals surface area contributed by atoms with Crippen molar-refractivity contribution in [2.45, 2.75) is 70.5 Å². The second-order valence-corrected chi connectivity index (χ2v) is 8.78. The number of rotatable bonds is 10. The molecule has 2 amide bonds. The van der Waals surface area contributed by atoms with Gasteiger partial charge in [0.2, 0.25) is 11.8 Å². The van der Waals surface area contributed by atoms with E-state index in [1.54, 1.807) is 12.0 Å². The van der Waals surface area contributed by atoms with Crippen molar-refractivity contribution in [1.29, 1.82) is 0 Å². The fourth-order valence-electron chi connectivity index (χ4n) is 4.30. The molecule has 0 aromatic heterocycles. The van der Waals surface area contributed by atoms with Gasteiger partial charge in [0.05, 0.1) is 7.11 Å². The minimum Gasteiger partial charge on any atom is -0.497 e. The van der Waals surface area contributed by atoms with Gasteiger partial charge in [-0.2, -0.15) is 0 Å². The summed E-state index contributed by atoms with van der Waals surface area (Å²) < 4.78 is 5.24. The Morgan fingerprint density at radius 2 is 1.81 bits per heavy atom. The molecule has 0 spiro atoms. The Balaban J connectivity index is 1.76. The van der Waals surface area contributed by atoms with Crippen molar-refractivity contribution < 1.29 is 14.3 Å². The molecule has 1 N–H and O–H groups in total. The number of nitrogens with zero attached hydrogens (tertiary/aromatic N) is 1. The number of carbonyl (C=O) groups is 2. The van der Waals surface area contributed by atoms with E-state index >= 15 is 0 Å². The van der Waals surface area contributed by atoms with Crippen molar-refractivity contribution in [3.05, 3.63) is 64.7 Å². The molecule has 1 fully saturated rings. The van der Waals surface area contributed by atoms with E-state index in [0.717, 1.165) is 42.6 Å². The third-order valence-electron chi connectivity index (χ3n) is 6.17. The molecule has 2 aromatic rings. The fraction of sp³-hybridized carbons (Fsp3) is 0.462. The molecule has 0 heterocycles. The maximum Gasteiger partial charge on any atom is 0.243 e. The van der Waals surface area contributed by atoms with Crippen molar-refractivity contribution in [3.8, 4) is 5.75 Å². The summed E-state index contributed by atoms with van der Waals surface area (Å²) in [5.74, 6) is 0.657. The van der Waals surface area contributed by atoms with Crippen molar-refractivity contribution in [2.75, 3.05) is 7.11 Å². The van der Waals surface area contributed by atoms with E-state index in [-0.39, 0.29) is 17.9 Å². The number of methoxy groups -OCH3 is 1. The summed E-state index contributed by atoms with van der Waals surface area (Å²) in [6.07, 6.45) is 5.72. The Kier molecular flexibility index (Phi) is 8.98. The molecule has 1 saturated carbocycles. The predicted octanol–water partition coefficient (Wildman–Crippen LogP) is 5.15. The first-order valence-corrected chi connectivity index (χ1v) is 11.9. The van der Waals surface area contributed by atoms with Crippen molar-refractivity contribution >= 4 is 23.4 Å². The summed E-state index contributed by atoms with van der Waals surface area (Å²) in [6.45, 7) is 2.34. The summed E-state index contributed by atoms with van der Waals surface area (Å²) >= 11 is 6.28. The Bertz CT molecular complexity index is 894. The molecule has 3 rings (SSSR count). The van der Waals surface area contributed by atoms with Gasteiger partial charge in [-0.1, -0.05) is 61.7 Å². The van der Waals surface area contributed by atoms with E-state index < -0.39 is 6.04 Å². The van der Waals surface area contributed by atoms with Crippen LogP contribution in [0.5, 0.6) is 5.75 Å². The topological polar surface area (TPSA) is 58.6 Å². The van der Waals surface area contributed by atoms with Gasteiger partial charge in [-0.15, -0.1) is 0 Å². The molecule has 2 aromatic carbocycles. The lowest BCUT2D eigenvalue weighted by atomic mass is 10.1. The van der Waals surface area contributed by atoms with Gasteiger partial charge in [0.25, 0.3) is 0 Å². The van der Waals surface area contributed by atoms with Gasteiger partial charge >= 0.3 is 0 Å². The average molecular weight is 457 g/mol. The van der Waals surface area contributed by atoms with Crippen molar-refractivity contribution in [1.82, 2.24) is 10.2 Å². The smallest absolute Gasteiger partial charge is 0.243 e. The zero-order chi connectivity index (χ0) is 22.9. The number of aryl methyl sites for hydroxylation is 1. The van der Waals surface area contributed by atoms with Crippen LogP contribution in [0.15, 0.2) is 48.5 Å². The number of amides is 2. The largest absolute Gasteiger partial charge is 0.497 e. The van der Waals surface area contributed by atoms with Crippen LogP contribution in [0.2, 0.25) is 5.02 Å². The highest BCUT2D eigenvalue weighted by molar-refractivity contribution is 6.31. The second-order valence-electron chi connectivity index (χ2n) is 8.38. The SMILES string of the molecule is CC[C@H](C(=O)NC1CCCC1)N(Cc1ccc(OC)cc1)C(=O)CCc1ccccc1Cl. The van der Waals surface area contributed by atoms with Gasteiger partial charge in [-0.25, -0.2) is 0 Å². The minimum atomic E-state index is -0.503. The van der Waals surface area contributed by atoms with Crippen LogP contribution in [0.4, 0.5) is 0 Å². The number of hydrogen-bond donors (Lipinski definition) is 1. The number of nitrogens with one attached hydrogen (secondary N) is 1. The van der Waals surface area contributed by atoms with E-state index in [2.05, 4.69) is 5.32 Å². The van der Waals surface area contributed by atoms with Crippen LogP contribution in [0.3, 0.4) is 0 Å². The van der Waals surface area contributed by atoms with Crippen LogP contribution < -0.4 is 10.1 Å². The van der Waals surface area contributed by atoms with Crippen LogP contribution >= 0.6 is 11.6 Å². The number of carbonyl (C=O) groups excluding carboxylic acids is 2. The molecule has 32 heavy (non-hydrogen) atoms. The molecular weight excluding hydrogens is 424 g/mol. The van der Waals surface area contributed by atoms with Gasteiger partial charge in [-0.05, 0) is 55.0 Å². The Hall–Kier alpha value is -2.53. The van der Waals surface area contributed by atoms with Crippen LogP contribution in [-0.4, -0.2) is 35.9 Å². The number of ether oxygens (including phenoxy) is 1. The molecule has 6 heteroatoms. The third-order valence-corrected chi connectivity index (χ3v) is 6.53. The van der Waals surface area contributed by atoms with Crippen LogP contribution in [0.1, 0.15) is 56.6 Å². The molecule has 0 unspecified atom stereocenters. The normalized spacial score (nSPS) is 14.7. The quantitative estimate of drug-likeness (QED) is 0.538. The molecule has 172 valence electrons. The molecule has 1 aliphatic rings. The van der Waals surface area contributed by atoms with Crippen molar-refractivity contribution in [2.24, 2.45) is 0 Å². The van der Waals surface area contributed by atoms with Crippen LogP contribution in [0, 0.1) is 0 Å². The second kappa shape index (κ2) is 11.9. The standard InChI is InChI=1S/C26H33ClN2O3/c1-3-24(26(31)28-21-9-5-6-10-21)29(18-19-12-15-22(32-2)16-13-19)25(30)17-14-20-8-4-7-11-23(20)27/h4,7-8,11-13,15-16,21,24H,3,5-6,9-10,14,17-18H2,1-2H3,(H,28,31)/t24-/m1/s1. The molecule has 0 bridgehead atoms. The molecule has 0 saturated heterocycles. The zero-order valence-corrected chi connectivity index (χ0v) is 19.7. The molecule has 0 radical (unpaired) electrons. The number of hydrogen-bond acceptors (Lipinski definition) is 3. The van der Waals surface area contributed by atoms with E-state index in [0.29, 0.717) is 30.8 Å². The highest BCUT2D eigenvalue weighted by Gasteiger charge is 2.30. The Morgan fingerprint density at radius 1 is 1.12 bits per heavy atom. The third kappa shape index (κ3) is 6.49. The van der Waals surface area contributed by atoms with Gasteiger partial charge < -0.3 is 15.0 Å².